The van der Waals surface area contributed by atoms with Crippen molar-refractivity contribution in [2.24, 2.45) is 5.92 Å². The number of halogens is 1. The van der Waals surface area contributed by atoms with Crippen molar-refractivity contribution in [1.29, 1.82) is 0 Å². The minimum atomic E-state index is 0. The fraction of sp³-hybridized carbons (Fsp3) is 0.538. The molecule has 0 spiro atoms. The van der Waals surface area contributed by atoms with Gasteiger partial charge in [0.05, 0.1) is 7.11 Å². The third-order valence-electron chi connectivity index (χ3n) is 3.89. The third kappa shape index (κ3) is 1.70. The van der Waals surface area contributed by atoms with Gasteiger partial charge < -0.3 is 10.1 Å². The molecule has 2 aliphatic rings. The van der Waals surface area contributed by atoms with Crippen molar-refractivity contribution in [3.8, 4) is 5.75 Å². The summed E-state index contributed by atoms with van der Waals surface area (Å²) in [6.45, 7) is 2.34. The SMILES string of the molecule is COc1cccc2c1CCC1CNCC21.Cl. The van der Waals surface area contributed by atoms with Gasteiger partial charge in [-0.25, -0.2) is 0 Å². The van der Waals surface area contributed by atoms with E-state index in [0.29, 0.717) is 0 Å². The average Bonchev–Trinajstić information content (AvgIpc) is 2.76. The highest BCUT2D eigenvalue weighted by Crippen LogP contribution is 2.41. The van der Waals surface area contributed by atoms with Crippen LogP contribution >= 0.6 is 12.4 Å². The summed E-state index contributed by atoms with van der Waals surface area (Å²) in [5.74, 6) is 2.66. The largest absolute Gasteiger partial charge is 0.496 e. The van der Waals surface area contributed by atoms with Crippen molar-refractivity contribution in [3.63, 3.8) is 0 Å². The zero-order valence-electron chi connectivity index (χ0n) is 9.53. The van der Waals surface area contributed by atoms with Crippen molar-refractivity contribution in [3.05, 3.63) is 29.3 Å². The topological polar surface area (TPSA) is 21.3 Å². The average molecular weight is 240 g/mol. The van der Waals surface area contributed by atoms with E-state index in [1.807, 2.05) is 0 Å². The second-order valence-corrected chi connectivity index (χ2v) is 4.59. The van der Waals surface area contributed by atoms with Crippen molar-refractivity contribution < 1.29 is 4.74 Å². The smallest absolute Gasteiger partial charge is 0.122 e. The van der Waals surface area contributed by atoms with E-state index in [0.717, 1.165) is 24.1 Å². The van der Waals surface area contributed by atoms with E-state index < -0.39 is 0 Å². The predicted octanol–water partition coefficient (Wildman–Crippen LogP) is 2.37. The number of ether oxygens (including phenoxy) is 1. The minimum absolute atomic E-state index is 0. The molecule has 1 N–H and O–H groups in total. The van der Waals surface area contributed by atoms with Gasteiger partial charge in [-0.05, 0) is 42.5 Å². The first-order valence-electron chi connectivity index (χ1n) is 5.76. The van der Waals surface area contributed by atoms with Crippen LogP contribution in [0.15, 0.2) is 18.2 Å². The molecule has 1 aromatic rings. The highest BCUT2D eigenvalue weighted by molar-refractivity contribution is 5.85. The molecule has 0 amide bonds. The molecule has 1 aliphatic heterocycles. The summed E-state index contributed by atoms with van der Waals surface area (Å²) in [7, 11) is 1.77. The Labute approximate surface area is 103 Å². The molecule has 1 aliphatic carbocycles. The van der Waals surface area contributed by atoms with Crippen LogP contribution < -0.4 is 10.1 Å². The van der Waals surface area contributed by atoms with Crippen LogP contribution in [0, 0.1) is 5.92 Å². The molecule has 2 atom stereocenters. The van der Waals surface area contributed by atoms with Gasteiger partial charge in [0.2, 0.25) is 0 Å². The van der Waals surface area contributed by atoms with Crippen LogP contribution in [0.3, 0.4) is 0 Å². The molecule has 88 valence electrons. The number of hydrogen-bond donors (Lipinski definition) is 1. The van der Waals surface area contributed by atoms with Gasteiger partial charge in [-0.3, -0.25) is 0 Å². The van der Waals surface area contributed by atoms with Crippen LogP contribution in [0.2, 0.25) is 0 Å². The van der Waals surface area contributed by atoms with Crippen molar-refractivity contribution in [2.75, 3.05) is 20.2 Å². The lowest BCUT2D eigenvalue weighted by Gasteiger charge is -2.28. The maximum absolute atomic E-state index is 5.44. The molecule has 1 fully saturated rings. The summed E-state index contributed by atoms with van der Waals surface area (Å²) in [5, 5.41) is 3.50. The molecule has 0 radical (unpaired) electrons. The Morgan fingerprint density at radius 1 is 1.31 bits per heavy atom. The van der Waals surface area contributed by atoms with Crippen LogP contribution in [0.1, 0.15) is 23.5 Å². The Bertz CT molecular complexity index is 380. The molecule has 3 heteroatoms. The number of benzene rings is 1. The fourth-order valence-electron chi connectivity index (χ4n) is 3.12. The van der Waals surface area contributed by atoms with E-state index in [-0.39, 0.29) is 12.4 Å². The molecule has 2 unspecified atom stereocenters. The molecule has 2 nitrogen and oxygen atoms in total. The van der Waals surface area contributed by atoms with Gasteiger partial charge in [0, 0.05) is 12.5 Å². The van der Waals surface area contributed by atoms with E-state index in [1.54, 1.807) is 7.11 Å². The standard InChI is InChI=1S/C13H17NO.ClH/c1-15-13-4-2-3-10-11(13)6-5-9-7-14-8-12(9)10;/h2-4,9,12,14H,5-8H2,1H3;1H. The second-order valence-electron chi connectivity index (χ2n) is 4.59. The van der Waals surface area contributed by atoms with E-state index in [4.69, 9.17) is 4.74 Å². The summed E-state index contributed by atoms with van der Waals surface area (Å²) in [6, 6.07) is 6.49. The summed E-state index contributed by atoms with van der Waals surface area (Å²) >= 11 is 0. The molecule has 0 bridgehead atoms. The molecule has 1 aromatic carbocycles. The molecule has 16 heavy (non-hydrogen) atoms. The minimum Gasteiger partial charge on any atom is -0.496 e. The first-order chi connectivity index (χ1) is 7.40. The zero-order valence-corrected chi connectivity index (χ0v) is 10.3. The fourth-order valence-corrected chi connectivity index (χ4v) is 3.12. The van der Waals surface area contributed by atoms with Crippen LogP contribution in [-0.2, 0) is 6.42 Å². The molecular formula is C13H18ClNO. The zero-order chi connectivity index (χ0) is 10.3. The maximum atomic E-state index is 5.44. The molecule has 1 saturated heterocycles. The number of nitrogens with one attached hydrogen (secondary N) is 1. The van der Waals surface area contributed by atoms with Crippen molar-refractivity contribution in [1.82, 2.24) is 5.32 Å². The Kier molecular flexibility index (Phi) is 3.41. The Balaban J connectivity index is 0.000000963. The lowest BCUT2D eigenvalue weighted by molar-refractivity contribution is 0.392. The summed E-state index contributed by atoms with van der Waals surface area (Å²) in [6.07, 6.45) is 2.49. The Hall–Kier alpha value is -0.730. The van der Waals surface area contributed by atoms with Gasteiger partial charge in [-0.1, -0.05) is 12.1 Å². The molecule has 0 aromatic heterocycles. The van der Waals surface area contributed by atoms with Crippen molar-refractivity contribution >= 4 is 12.4 Å². The number of fused-ring (bicyclic) bond motifs is 3. The van der Waals surface area contributed by atoms with E-state index in [1.165, 1.54) is 30.5 Å². The molecule has 0 saturated carbocycles. The lowest BCUT2D eigenvalue weighted by atomic mass is 9.77. The van der Waals surface area contributed by atoms with Gasteiger partial charge in [0.1, 0.15) is 5.75 Å². The quantitative estimate of drug-likeness (QED) is 0.813. The molecular weight excluding hydrogens is 222 g/mol. The van der Waals surface area contributed by atoms with Gasteiger partial charge in [-0.15, -0.1) is 12.4 Å². The lowest BCUT2D eigenvalue weighted by Crippen LogP contribution is -2.19. The number of rotatable bonds is 1. The van der Waals surface area contributed by atoms with Crippen molar-refractivity contribution in [2.45, 2.75) is 18.8 Å². The Morgan fingerprint density at radius 3 is 3.00 bits per heavy atom. The highest BCUT2D eigenvalue weighted by atomic mass is 35.5. The summed E-state index contributed by atoms with van der Waals surface area (Å²) < 4.78 is 5.44. The molecule has 3 rings (SSSR count). The second kappa shape index (κ2) is 4.64. The van der Waals surface area contributed by atoms with E-state index in [2.05, 4.69) is 23.5 Å². The van der Waals surface area contributed by atoms with Gasteiger partial charge >= 0.3 is 0 Å². The normalized spacial score (nSPS) is 26.6. The summed E-state index contributed by atoms with van der Waals surface area (Å²) in [4.78, 5) is 0. The van der Waals surface area contributed by atoms with Gasteiger partial charge in [0.15, 0.2) is 0 Å². The third-order valence-corrected chi connectivity index (χ3v) is 3.89. The Morgan fingerprint density at radius 2 is 2.19 bits per heavy atom. The first kappa shape index (κ1) is 11.7. The number of methoxy groups -OCH3 is 1. The number of hydrogen-bond acceptors (Lipinski definition) is 2. The van der Waals surface area contributed by atoms with E-state index in [9.17, 15) is 0 Å². The van der Waals surface area contributed by atoms with E-state index >= 15 is 0 Å². The summed E-state index contributed by atoms with van der Waals surface area (Å²) in [5.41, 5.74) is 2.97. The monoisotopic (exact) mass is 239 g/mol. The van der Waals surface area contributed by atoms with Gasteiger partial charge in [0.25, 0.3) is 0 Å². The van der Waals surface area contributed by atoms with Crippen LogP contribution in [0.25, 0.3) is 0 Å². The van der Waals surface area contributed by atoms with Crippen LogP contribution in [0.5, 0.6) is 5.75 Å². The predicted molar refractivity (Wildman–Crippen MR) is 67.7 cm³/mol. The molecule has 1 heterocycles. The highest BCUT2D eigenvalue weighted by Gasteiger charge is 2.34. The first-order valence-corrected chi connectivity index (χ1v) is 5.76. The maximum Gasteiger partial charge on any atom is 0.122 e. The van der Waals surface area contributed by atoms with Crippen LogP contribution in [0.4, 0.5) is 0 Å². The van der Waals surface area contributed by atoms with Crippen LogP contribution in [-0.4, -0.2) is 20.2 Å². The van der Waals surface area contributed by atoms with Gasteiger partial charge in [-0.2, -0.15) is 0 Å².